The Morgan fingerprint density at radius 2 is 2.10 bits per heavy atom. The molecule has 1 aliphatic rings. The number of carbonyl (C=O) groups is 1. The van der Waals surface area contributed by atoms with Crippen molar-refractivity contribution in [1.82, 2.24) is 5.32 Å². The van der Waals surface area contributed by atoms with E-state index in [4.69, 9.17) is 4.74 Å². The Morgan fingerprint density at radius 3 is 2.86 bits per heavy atom. The van der Waals surface area contributed by atoms with Crippen molar-refractivity contribution in [3.05, 3.63) is 64.5 Å². The molecule has 0 atom stereocenters. The molecule has 3 nitrogen and oxygen atoms in total. The summed E-state index contributed by atoms with van der Waals surface area (Å²) in [5.41, 5.74) is 2.82. The fraction of sp³-hybridized carbons (Fsp3) is 0.235. The van der Waals surface area contributed by atoms with Gasteiger partial charge in [-0.1, -0.05) is 18.2 Å². The first-order valence-corrected chi connectivity index (χ1v) is 6.90. The molecule has 0 spiro atoms. The minimum atomic E-state index is -0.550. The van der Waals surface area contributed by atoms with Crippen molar-refractivity contribution in [3.63, 3.8) is 0 Å². The van der Waals surface area contributed by atoms with Gasteiger partial charge in [-0.25, -0.2) is 4.39 Å². The Bertz CT molecular complexity index is 697. The Kier molecular flexibility index (Phi) is 3.71. The number of hydrogen-bond acceptors (Lipinski definition) is 3. The van der Waals surface area contributed by atoms with Crippen LogP contribution in [0.3, 0.4) is 0 Å². The second-order valence-electron chi connectivity index (χ2n) is 5.04. The van der Waals surface area contributed by atoms with Crippen molar-refractivity contribution in [2.75, 3.05) is 13.7 Å². The number of fused-ring (bicyclic) bond motifs is 1. The molecule has 1 N–H and O–H groups in total. The van der Waals surface area contributed by atoms with Gasteiger partial charge in [0.1, 0.15) is 11.6 Å². The van der Waals surface area contributed by atoms with Crippen molar-refractivity contribution in [2.45, 2.75) is 13.0 Å². The molecule has 4 heteroatoms. The number of hydrogen-bond donors (Lipinski definition) is 1. The Labute approximate surface area is 122 Å². The van der Waals surface area contributed by atoms with Crippen molar-refractivity contribution >= 4 is 5.78 Å². The monoisotopic (exact) mass is 285 g/mol. The Morgan fingerprint density at radius 1 is 1.24 bits per heavy atom. The van der Waals surface area contributed by atoms with Crippen LogP contribution in [-0.4, -0.2) is 19.4 Å². The van der Waals surface area contributed by atoms with Crippen LogP contribution in [0, 0.1) is 5.82 Å². The topological polar surface area (TPSA) is 38.3 Å². The molecule has 0 bridgehead atoms. The van der Waals surface area contributed by atoms with Crippen molar-refractivity contribution in [3.8, 4) is 5.75 Å². The number of carbonyl (C=O) groups excluding carboxylic acids is 1. The van der Waals surface area contributed by atoms with Crippen LogP contribution in [0.25, 0.3) is 0 Å². The van der Waals surface area contributed by atoms with E-state index in [1.807, 2.05) is 12.1 Å². The van der Waals surface area contributed by atoms with Gasteiger partial charge in [0, 0.05) is 18.2 Å². The molecule has 2 aromatic carbocycles. The fourth-order valence-electron chi connectivity index (χ4n) is 2.70. The first kappa shape index (κ1) is 13.8. The molecule has 2 aromatic rings. The highest BCUT2D eigenvalue weighted by atomic mass is 19.1. The zero-order chi connectivity index (χ0) is 14.8. The molecular weight excluding hydrogens is 269 g/mol. The zero-order valence-corrected chi connectivity index (χ0v) is 11.8. The minimum Gasteiger partial charge on any atom is -0.497 e. The summed E-state index contributed by atoms with van der Waals surface area (Å²) >= 11 is 0. The lowest BCUT2D eigenvalue weighted by Crippen LogP contribution is -2.25. The maximum Gasteiger partial charge on any atom is 0.196 e. The van der Waals surface area contributed by atoms with Gasteiger partial charge in [-0.3, -0.25) is 4.79 Å². The molecule has 0 unspecified atom stereocenters. The third-order valence-electron chi connectivity index (χ3n) is 3.81. The Hall–Kier alpha value is -2.20. The maximum absolute atomic E-state index is 14.1. The van der Waals surface area contributed by atoms with Crippen LogP contribution in [0.5, 0.6) is 5.75 Å². The van der Waals surface area contributed by atoms with Gasteiger partial charge >= 0.3 is 0 Å². The highest BCUT2D eigenvalue weighted by molar-refractivity contribution is 6.10. The van der Waals surface area contributed by atoms with E-state index >= 15 is 0 Å². The second kappa shape index (κ2) is 5.66. The lowest BCUT2D eigenvalue weighted by atomic mass is 9.91. The van der Waals surface area contributed by atoms with Crippen LogP contribution in [0.2, 0.25) is 0 Å². The number of rotatable bonds is 3. The normalized spacial score (nSPS) is 13.6. The Balaban J connectivity index is 2.03. The average Bonchev–Trinajstić information content (AvgIpc) is 2.53. The van der Waals surface area contributed by atoms with Crippen LogP contribution < -0.4 is 10.1 Å². The quantitative estimate of drug-likeness (QED) is 0.881. The standard InChI is InChI=1S/C17H16FNO2/c1-21-12-5-6-15(16(18)9-12)17(20)14-4-2-3-11-10-19-8-7-13(11)14/h2-6,9,19H,7-8,10H2,1H3. The number of halogens is 1. The summed E-state index contributed by atoms with van der Waals surface area (Å²) in [6, 6.07) is 9.95. The van der Waals surface area contributed by atoms with E-state index in [1.165, 1.54) is 19.2 Å². The first-order valence-electron chi connectivity index (χ1n) is 6.90. The third-order valence-corrected chi connectivity index (χ3v) is 3.81. The number of nitrogens with one attached hydrogen (secondary N) is 1. The molecule has 3 rings (SSSR count). The summed E-state index contributed by atoms with van der Waals surface area (Å²) in [7, 11) is 1.47. The molecule has 0 fully saturated rings. The summed E-state index contributed by atoms with van der Waals surface area (Å²) < 4.78 is 19.1. The van der Waals surface area contributed by atoms with Gasteiger partial charge in [0.05, 0.1) is 12.7 Å². The lowest BCUT2D eigenvalue weighted by molar-refractivity contribution is 0.103. The molecule has 0 radical (unpaired) electrons. The van der Waals surface area contributed by atoms with Crippen LogP contribution >= 0.6 is 0 Å². The summed E-state index contributed by atoms with van der Waals surface area (Å²) in [6.45, 7) is 1.59. The van der Waals surface area contributed by atoms with Gasteiger partial charge in [0.25, 0.3) is 0 Å². The molecule has 21 heavy (non-hydrogen) atoms. The highest BCUT2D eigenvalue weighted by Gasteiger charge is 2.20. The van der Waals surface area contributed by atoms with Gasteiger partial charge in [0.15, 0.2) is 5.78 Å². The molecule has 1 aliphatic heterocycles. The molecule has 0 amide bonds. The van der Waals surface area contributed by atoms with E-state index in [2.05, 4.69) is 5.32 Å². The molecule has 0 saturated carbocycles. The SMILES string of the molecule is COc1ccc(C(=O)c2cccc3c2CCNC3)c(F)c1. The number of benzene rings is 2. The van der Waals surface area contributed by atoms with E-state index < -0.39 is 5.82 Å². The number of ether oxygens (including phenoxy) is 1. The molecular formula is C17H16FNO2. The lowest BCUT2D eigenvalue weighted by Gasteiger charge is -2.19. The van der Waals surface area contributed by atoms with E-state index in [0.29, 0.717) is 11.3 Å². The van der Waals surface area contributed by atoms with E-state index in [-0.39, 0.29) is 11.3 Å². The number of ketones is 1. The van der Waals surface area contributed by atoms with E-state index in [1.54, 1.807) is 12.1 Å². The molecule has 0 aromatic heterocycles. The summed E-state index contributed by atoms with van der Waals surface area (Å²) in [5, 5.41) is 3.27. The largest absolute Gasteiger partial charge is 0.497 e. The summed E-state index contributed by atoms with van der Waals surface area (Å²) in [4.78, 5) is 12.6. The predicted octanol–water partition coefficient (Wildman–Crippen LogP) is 2.71. The van der Waals surface area contributed by atoms with Crippen molar-refractivity contribution in [2.24, 2.45) is 0 Å². The average molecular weight is 285 g/mol. The van der Waals surface area contributed by atoms with Gasteiger partial charge < -0.3 is 10.1 Å². The van der Waals surface area contributed by atoms with E-state index in [0.717, 1.165) is 30.6 Å². The first-order chi connectivity index (χ1) is 10.2. The van der Waals surface area contributed by atoms with E-state index in [9.17, 15) is 9.18 Å². The number of methoxy groups -OCH3 is 1. The molecule has 0 saturated heterocycles. The maximum atomic E-state index is 14.1. The second-order valence-corrected chi connectivity index (χ2v) is 5.04. The minimum absolute atomic E-state index is 0.0859. The van der Waals surface area contributed by atoms with Crippen molar-refractivity contribution < 1.29 is 13.9 Å². The van der Waals surface area contributed by atoms with Gasteiger partial charge in [-0.2, -0.15) is 0 Å². The molecule has 1 heterocycles. The van der Waals surface area contributed by atoms with Crippen LogP contribution in [-0.2, 0) is 13.0 Å². The highest BCUT2D eigenvalue weighted by Crippen LogP contribution is 2.24. The third kappa shape index (κ3) is 2.54. The van der Waals surface area contributed by atoms with Gasteiger partial charge in [0.2, 0.25) is 0 Å². The van der Waals surface area contributed by atoms with Gasteiger partial charge in [-0.15, -0.1) is 0 Å². The molecule has 108 valence electrons. The smallest absolute Gasteiger partial charge is 0.196 e. The summed E-state index contributed by atoms with van der Waals surface area (Å²) in [6.07, 6.45) is 0.787. The fourth-order valence-corrected chi connectivity index (χ4v) is 2.70. The molecule has 0 aliphatic carbocycles. The van der Waals surface area contributed by atoms with Crippen molar-refractivity contribution in [1.29, 1.82) is 0 Å². The predicted molar refractivity (Wildman–Crippen MR) is 78.2 cm³/mol. The van der Waals surface area contributed by atoms with Crippen LogP contribution in [0.4, 0.5) is 4.39 Å². The van der Waals surface area contributed by atoms with Gasteiger partial charge in [-0.05, 0) is 36.2 Å². The zero-order valence-electron chi connectivity index (χ0n) is 11.8. The van der Waals surface area contributed by atoms with Crippen LogP contribution in [0.15, 0.2) is 36.4 Å². The summed E-state index contributed by atoms with van der Waals surface area (Å²) in [5.74, 6) is -0.414. The van der Waals surface area contributed by atoms with Crippen LogP contribution in [0.1, 0.15) is 27.0 Å².